The molecule has 0 amide bonds. The van der Waals surface area contributed by atoms with Gasteiger partial charge in [-0.1, -0.05) is 0 Å². The number of nitrogens with zero attached hydrogens (tertiary/aromatic N) is 1. The summed E-state index contributed by atoms with van der Waals surface area (Å²) in [5.74, 6) is 1.20. The van der Waals surface area contributed by atoms with E-state index in [0.717, 1.165) is 17.9 Å². The van der Waals surface area contributed by atoms with E-state index >= 15 is 0 Å². The molecule has 1 aliphatic heterocycles. The smallest absolute Gasteiger partial charge is 0.152 e. The van der Waals surface area contributed by atoms with Crippen molar-refractivity contribution in [2.45, 2.75) is 52.2 Å². The zero-order valence-corrected chi connectivity index (χ0v) is 12.3. The maximum Gasteiger partial charge on any atom is 0.152 e. The van der Waals surface area contributed by atoms with Crippen molar-refractivity contribution in [2.24, 2.45) is 0 Å². The van der Waals surface area contributed by atoms with Gasteiger partial charge in [-0.2, -0.15) is 0 Å². The van der Waals surface area contributed by atoms with E-state index in [9.17, 15) is 4.79 Å². The molecule has 1 aromatic rings. The van der Waals surface area contributed by atoms with Crippen molar-refractivity contribution < 1.29 is 9.53 Å². The number of ether oxygens (including phenoxy) is 1. The lowest BCUT2D eigenvalue weighted by atomic mass is 9.89. The molecule has 0 N–H and O–H groups in total. The summed E-state index contributed by atoms with van der Waals surface area (Å²) in [6.07, 6.45) is 1.78. The highest BCUT2D eigenvalue weighted by Crippen LogP contribution is 2.32. The third-order valence-corrected chi connectivity index (χ3v) is 3.60. The molecule has 1 aliphatic rings. The van der Waals surface area contributed by atoms with Crippen LogP contribution in [0.1, 0.15) is 40.5 Å². The Morgan fingerprint density at radius 3 is 2.42 bits per heavy atom. The Labute approximate surface area is 115 Å². The Balaban J connectivity index is 2.18. The molecule has 1 fully saturated rings. The number of benzene rings is 1. The summed E-state index contributed by atoms with van der Waals surface area (Å²) < 4.78 is 5.64. The lowest BCUT2D eigenvalue weighted by molar-refractivity contribution is -0.119. The van der Waals surface area contributed by atoms with Crippen LogP contribution in [0.25, 0.3) is 0 Å². The summed E-state index contributed by atoms with van der Waals surface area (Å²) in [6.45, 7) is 8.92. The zero-order chi connectivity index (χ0) is 14.0. The fourth-order valence-electron chi connectivity index (χ4n) is 2.47. The Morgan fingerprint density at radius 1 is 1.21 bits per heavy atom. The second kappa shape index (κ2) is 5.24. The molecule has 1 heterocycles. The minimum absolute atomic E-state index is 0.0360. The van der Waals surface area contributed by atoms with E-state index in [-0.39, 0.29) is 11.6 Å². The predicted octanol–water partition coefficient (Wildman–Crippen LogP) is 3.42. The first-order valence-corrected chi connectivity index (χ1v) is 6.94. The molecule has 0 radical (unpaired) electrons. The topological polar surface area (TPSA) is 29.5 Å². The maximum atomic E-state index is 11.7. The summed E-state index contributed by atoms with van der Waals surface area (Å²) in [5, 5.41) is 0. The van der Waals surface area contributed by atoms with Gasteiger partial charge in [-0.25, -0.2) is 0 Å². The van der Waals surface area contributed by atoms with Crippen LogP contribution in [-0.4, -0.2) is 24.0 Å². The molecule has 104 valence electrons. The quantitative estimate of drug-likeness (QED) is 0.835. The Bertz CT molecular complexity index is 448. The largest absolute Gasteiger partial charge is 0.491 e. The number of piperidine rings is 1. The highest BCUT2D eigenvalue weighted by molar-refractivity contribution is 5.85. The van der Waals surface area contributed by atoms with Gasteiger partial charge in [0.05, 0.1) is 12.6 Å². The molecule has 0 aromatic heterocycles. The molecule has 1 saturated heterocycles. The summed E-state index contributed by atoms with van der Waals surface area (Å²) in [6, 6.07) is 8.03. The molecule has 0 aliphatic carbocycles. The van der Waals surface area contributed by atoms with E-state index in [1.54, 1.807) is 0 Å². The average molecular weight is 261 g/mol. The first-order chi connectivity index (χ1) is 8.88. The second-order valence-electron chi connectivity index (χ2n) is 6.10. The Kier molecular flexibility index (Phi) is 3.83. The van der Waals surface area contributed by atoms with Gasteiger partial charge in [0.25, 0.3) is 0 Å². The third kappa shape index (κ3) is 3.28. The van der Waals surface area contributed by atoms with Crippen molar-refractivity contribution in [2.75, 3.05) is 11.4 Å². The van der Waals surface area contributed by atoms with Gasteiger partial charge in [0, 0.05) is 17.6 Å². The van der Waals surface area contributed by atoms with Crippen LogP contribution in [0.5, 0.6) is 5.75 Å². The van der Waals surface area contributed by atoms with Gasteiger partial charge in [-0.15, -0.1) is 0 Å². The molecular weight excluding hydrogens is 238 g/mol. The van der Waals surface area contributed by atoms with Crippen LogP contribution in [0, 0.1) is 0 Å². The van der Waals surface area contributed by atoms with Crippen LogP contribution in [0.15, 0.2) is 24.3 Å². The fraction of sp³-hybridized carbons (Fsp3) is 0.562. The van der Waals surface area contributed by atoms with E-state index in [1.807, 2.05) is 38.1 Å². The van der Waals surface area contributed by atoms with E-state index < -0.39 is 0 Å². The number of ketones is 1. The first-order valence-electron chi connectivity index (χ1n) is 6.94. The lowest BCUT2D eigenvalue weighted by Gasteiger charge is -2.43. The third-order valence-electron chi connectivity index (χ3n) is 3.60. The summed E-state index contributed by atoms with van der Waals surface area (Å²) in [4.78, 5) is 13.9. The van der Waals surface area contributed by atoms with Gasteiger partial charge >= 0.3 is 0 Å². The van der Waals surface area contributed by atoms with Crippen LogP contribution in [0.2, 0.25) is 0 Å². The number of rotatable bonds is 3. The SMILES string of the molecule is CC(C)Oc1ccc(N2CC(=O)CCC2(C)C)cc1. The van der Waals surface area contributed by atoms with E-state index in [1.165, 1.54) is 0 Å². The number of Topliss-reactive ketones (excluding diaryl/α,β-unsaturated/α-hetero) is 1. The van der Waals surface area contributed by atoms with Crippen LogP contribution in [0.4, 0.5) is 5.69 Å². The fourth-order valence-corrected chi connectivity index (χ4v) is 2.47. The minimum Gasteiger partial charge on any atom is -0.491 e. The van der Waals surface area contributed by atoms with Crippen molar-refractivity contribution >= 4 is 11.5 Å². The van der Waals surface area contributed by atoms with E-state index in [0.29, 0.717) is 18.7 Å². The number of hydrogen-bond donors (Lipinski definition) is 0. The van der Waals surface area contributed by atoms with Crippen molar-refractivity contribution in [3.05, 3.63) is 24.3 Å². The van der Waals surface area contributed by atoms with E-state index in [2.05, 4.69) is 18.7 Å². The molecule has 0 saturated carbocycles. The second-order valence-corrected chi connectivity index (χ2v) is 6.10. The van der Waals surface area contributed by atoms with Crippen molar-refractivity contribution in [3.8, 4) is 5.75 Å². The molecule has 0 spiro atoms. The number of carbonyl (C=O) groups is 1. The van der Waals surface area contributed by atoms with Gasteiger partial charge in [0.2, 0.25) is 0 Å². The van der Waals surface area contributed by atoms with Crippen LogP contribution in [-0.2, 0) is 4.79 Å². The number of carbonyl (C=O) groups excluding carboxylic acids is 1. The first kappa shape index (κ1) is 13.9. The van der Waals surface area contributed by atoms with Crippen LogP contribution < -0.4 is 9.64 Å². The predicted molar refractivity (Wildman–Crippen MR) is 77.9 cm³/mol. The Morgan fingerprint density at radius 2 is 1.84 bits per heavy atom. The molecule has 3 nitrogen and oxygen atoms in total. The van der Waals surface area contributed by atoms with Crippen molar-refractivity contribution in [3.63, 3.8) is 0 Å². The average Bonchev–Trinajstić information content (AvgIpc) is 2.33. The summed E-state index contributed by atoms with van der Waals surface area (Å²) >= 11 is 0. The molecule has 0 unspecified atom stereocenters. The Hall–Kier alpha value is -1.51. The standard InChI is InChI=1S/C16H23NO2/c1-12(2)19-15-7-5-13(6-8-15)17-11-14(18)9-10-16(17,3)4/h5-8,12H,9-11H2,1-4H3. The van der Waals surface area contributed by atoms with E-state index in [4.69, 9.17) is 4.74 Å². The van der Waals surface area contributed by atoms with Gasteiger partial charge in [-0.3, -0.25) is 4.79 Å². The summed E-state index contributed by atoms with van der Waals surface area (Å²) in [5.41, 5.74) is 1.13. The minimum atomic E-state index is 0.0360. The normalized spacial score (nSPS) is 18.8. The molecule has 2 rings (SSSR count). The molecule has 1 aromatic carbocycles. The highest BCUT2D eigenvalue weighted by atomic mass is 16.5. The molecular formula is C16H23NO2. The summed E-state index contributed by atoms with van der Waals surface area (Å²) in [7, 11) is 0. The lowest BCUT2D eigenvalue weighted by Crippen LogP contribution is -2.50. The highest BCUT2D eigenvalue weighted by Gasteiger charge is 2.33. The maximum absolute atomic E-state index is 11.7. The van der Waals surface area contributed by atoms with Crippen LogP contribution in [0.3, 0.4) is 0 Å². The number of hydrogen-bond acceptors (Lipinski definition) is 3. The van der Waals surface area contributed by atoms with Crippen molar-refractivity contribution in [1.82, 2.24) is 0 Å². The van der Waals surface area contributed by atoms with Crippen LogP contribution >= 0.6 is 0 Å². The van der Waals surface area contributed by atoms with Gasteiger partial charge in [-0.05, 0) is 58.4 Å². The van der Waals surface area contributed by atoms with Gasteiger partial charge in [0.1, 0.15) is 5.75 Å². The monoisotopic (exact) mass is 261 g/mol. The van der Waals surface area contributed by atoms with Gasteiger partial charge in [0.15, 0.2) is 5.78 Å². The molecule has 19 heavy (non-hydrogen) atoms. The van der Waals surface area contributed by atoms with Crippen molar-refractivity contribution in [1.29, 1.82) is 0 Å². The van der Waals surface area contributed by atoms with Gasteiger partial charge < -0.3 is 9.64 Å². The molecule has 3 heteroatoms. The molecule has 0 bridgehead atoms. The molecule has 0 atom stereocenters. The zero-order valence-electron chi connectivity index (χ0n) is 12.3. The number of anilines is 1.